The van der Waals surface area contributed by atoms with Gasteiger partial charge in [-0.3, -0.25) is 4.72 Å². The molecule has 3 rings (SSSR count). The Labute approximate surface area is 173 Å². The Balaban J connectivity index is 1.86. The number of aromatic carboxylic acids is 1. The average molecular weight is 432 g/mol. The first-order valence-corrected chi connectivity index (χ1v) is 10.5. The van der Waals surface area contributed by atoms with Crippen LogP contribution in [-0.2, 0) is 10.0 Å². The molecule has 0 spiro atoms. The Morgan fingerprint density at radius 3 is 2.31 bits per heavy atom. The van der Waals surface area contributed by atoms with Gasteiger partial charge < -0.3 is 9.84 Å². The zero-order valence-electron chi connectivity index (χ0n) is 15.4. The molecule has 0 saturated heterocycles. The van der Waals surface area contributed by atoms with Gasteiger partial charge in [0.2, 0.25) is 0 Å². The molecule has 0 fully saturated rings. The van der Waals surface area contributed by atoms with Crippen LogP contribution in [0.4, 0.5) is 5.69 Å². The number of anilines is 1. The molecule has 8 heteroatoms. The summed E-state index contributed by atoms with van der Waals surface area (Å²) < 4.78 is 33.7. The van der Waals surface area contributed by atoms with Gasteiger partial charge in [-0.25, -0.2) is 13.2 Å². The van der Waals surface area contributed by atoms with Gasteiger partial charge >= 0.3 is 5.97 Å². The van der Waals surface area contributed by atoms with Crippen LogP contribution in [0.25, 0.3) is 0 Å². The van der Waals surface area contributed by atoms with Gasteiger partial charge in [-0.05, 0) is 48.9 Å². The van der Waals surface area contributed by atoms with E-state index in [0.29, 0.717) is 5.02 Å². The van der Waals surface area contributed by atoms with Crippen molar-refractivity contribution in [3.8, 4) is 5.75 Å². The molecule has 0 aliphatic heterocycles. The van der Waals surface area contributed by atoms with E-state index in [1.807, 2.05) is 0 Å². The first-order valence-electron chi connectivity index (χ1n) is 8.63. The van der Waals surface area contributed by atoms with Crippen molar-refractivity contribution in [2.75, 3.05) is 4.72 Å². The molecule has 150 valence electrons. The molecule has 0 amide bonds. The fourth-order valence-electron chi connectivity index (χ4n) is 2.64. The third-order valence-corrected chi connectivity index (χ3v) is 5.79. The smallest absolute Gasteiger partial charge is 0.335 e. The van der Waals surface area contributed by atoms with Crippen LogP contribution in [0.1, 0.15) is 28.9 Å². The Hall–Kier alpha value is -3.03. The van der Waals surface area contributed by atoms with Gasteiger partial charge in [0.15, 0.2) is 0 Å². The summed E-state index contributed by atoms with van der Waals surface area (Å²) >= 11 is 6.07. The lowest BCUT2D eigenvalue weighted by Crippen LogP contribution is -2.14. The second-order valence-corrected chi connectivity index (χ2v) is 8.37. The standard InChI is InChI=1S/C21H18ClNO5S/c1-14(15-7-9-16(10-8-15)21(24)25)28-20-13-17(22)11-12-19(20)23-29(26,27)18-5-3-2-4-6-18/h2-14,23H,1H3,(H,24,25). The van der Waals surface area contributed by atoms with Crippen LogP contribution in [0.5, 0.6) is 5.75 Å². The van der Waals surface area contributed by atoms with Crippen molar-refractivity contribution < 1.29 is 23.1 Å². The lowest BCUT2D eigenvalue weighted by molar-refractivity contribution is 0.0696. The molecule has 2 N–H and O–H groups in total. The number of nitrogens with one attached hydrogen (secondary N) is 1. The number of halogens is 1. The van der Waals surface area contributed by atoms with Crippen molar-refractivity contribution in [2.24, 2.45) is 0 Å². The quantitative estimate of drug-likeness (QED) is 0.550. The van der Waals surface area contributed by atoms with E-state index in [4.69, 9.17) is 21.4 Å². The summed E-state index contributed by atoms with van der Waals surface area (Å²) in [5.41, 5.74) is 1.14. The summed E-state index contributed by atoms with van der Waals surface area (Å²) in [6.45, 7) is 1.77. The Bertz CT molecular complexity index is 1120. The number of carboxylic acid groups (broad SMARTS) is 1. The number of rotatable bonds is 7. The summed E-state index contributed by atoms with van der Waals surface area (Å²) in [7, 11) is -3.80. The first kappa shape index (κ1) is 20.7. The van der Waals surface area contributed by atoms with Crippen LogP contribution in [-0.4, -0.2) is 19.5 Å². The monoisotopic (exact) mass is 431 g/mol. The highest BCUT2D eigenvalue weighted by Crippen LogP contribution is 2.33. The molecule has 0 aromatic heterocycles. The second-order valence-electron chi connectivity index (χ2n) is 6.25. The highest BCUT2D eigenvalue weighted by atomic mass is 35.5. The minimum absolute atomic E-state index is 0.123. The van der Waals surface area contributed by atoms with Crippen molar-refractivity contribution in [3.05, 3.63) is 88.9 Å². The Kier molecular flexibility index (Phi) is 6.10. The minimum atomic E-state index is -3.80. The van der Waals surface area contributed by atoms with Gasteiger partial charge in [0.1, 0.15) is 11.9 Å². The van der Waals surface area contributed by atoms with Crippen LogP contribution in [0.15, 0.2) is 77.7 Å². The van der Waals surface area contributed by atoms with E-state index in [1.54, 1.807) is 43.3 Å². The number of carbonyl (C=O) groups is 1. The number of benzene rings is 3. The highest BCUT2D eigenvalue weighted by molar-refractivity contribution is 7.92. The van der Waals surface area contributed by atoms with Crippen LogP contribution >= 0.6 is 11.6 Å². The number of sulfonamides is 1. The number of hydrogen-bond donors (Lipinski definition) is 2. The van der Waals surface area contributed by atoms with Crippen molar-refractivity contribution in [2.45, 2.75) is 17.9 Å². The van der Waals surface area contributed by atoms with Crippen molar-refractivity contribution in [1.29, 1.82) is 0 Å². The van der Waals surface area contributed by atoms with E-state index in [2.05, 4.69) is 4.72 Å². The van der Waals surface area contributed by atoms with Crippen molar-refractivity contribution in [1.82, 2.24) is 0 Å². The van der Waals surface area contributed by atoms with Crippen LogP contribution in [0.3, 0.4) is 0 Å². The summed E-state index contributed by atoms with van der Waals surface area (Å²) in [6, 6.07) is 18.8. The zero-order valence-corrected chi connectivity index (χ0v) is 16.9. The topological polar surface area (TPSA) is 92.7 Å². The molecule has 1 unspecified atom stereocenters. The van der Waals surface area contributed by atoms with Gasteiger partial charge in [0.25, 0.3) is 10.0 Å². The van der Waals surface area contributed by atoms with Crippen LogP contribution in [0, 0.1) is 0 Å². The third-order valence-electron chi connectivity index (χ3n) is 4.17. The summed E-state index contributed by atoms with van der Waals surface area (Å²) in [4.78, 5) is 11.1. The van der Waals surface area contributed by atoms with E-state index >= 15 is 0 Å². The largest absolute Gasteiger partial charge is 0.484 e. The Morgan fingerprint density at radius 1 is 1.03 bits per heavy atom. The van der Waals surface area contributed by atoms with Gasteiger partial charge in [-0.15, -0.1) is 0 Å². The maximum absolute atomic E-state index is 12.6. The summed E-state index contributed by atoms with van der Waals surface area (Å²) in [5, 5.41) is 9.39. The number of ether oxygens (including phenoxy) is 1. The average Bonchev–Trinajstić information content (AvgIpc) is 2.70. The molecule has 3 aromatic carbocycles. The second kappa shape index (κ2) is 8.55. The summed E-state index contributed by atoms with van der Waals surface area (Å²) in [6.07, 6.45) is -0.476. The predicted molar refractivity (Wildman–Crippen MR) is 111 cm³/mol. The molecular weight excluding hydrogens is 414 g/mol. The molecule has 0 saturated carbocycles. The molecule has 3 aromatic rings. The zero-order chi connectivity index (χ0) is 21.0. The molecule has 0 aliphatic rings. The van der Waals surface area contributed by atoms with Gasteiger partial charge in [0, 0.05) is 11.1 Å². The lowest BCUT2D eigenvalue weighted by atomic mass is 10.1. The highest BCUT2D eigenvalue weighted by Gasteiger charge is 2.18. The molecule has 0 bridgehead atoms. The molecule has 0 radical (unpaired) electrons. The van der Waals surface area contributed by atoms with Crippen LogP contribution < -0.4 is 9.46 Å². The lowest BCUT2D eigenvalue weighted by Gasteiger charge is -2.19. The molecular formula is C21H18ClNO5S. The maximum Gasteiger partial charge on any atom is 0.335 e. The van der Waals surface area contributed by atoms with Crippen molar-refractivity contribution >= 4 is 33.3 Å². The summed E-state index contributed by atoms with van der Waals surface area (Å²) in [5.74, 6) is -0.760. The van der Waals surface area contributed by atoms with E-state index in [-0.39, 0.29) is 21.9 Å². The molecule has 0 aliphatic carbocycles. The SMILES string of the molecule is CC(Oc1cc(Cl)ccc1NS(=O)(=O)c1ccccc1)c1ccc(C(=O)O)cc1. The molecule has 6 nitrogen and oxygen atoms in total. The van der Waals surface area contributed by atoms with Gasteiger partial charge in [0.05, 0.1) is 16.1 Å². The van der Waals surface area contributed by atoms with Gasteiger partial charge in [-0.2, -0.15) is 0 Å². The molecule has 29 heavy (non-hydrogen) atoms. The van der Waals surface area contributed by atoms with E-state index in [1.165, 1.54) is 36.4 Å². The normalized spacial score (nSPS) is 12.2. The maximum atomic E-state index is 12.6. The van der Waals surface area contributed by atoms with Crippen molar-refractivity contribution in [3.63, 3.8) is 0 Å². The third kappa shape index (κ3) is 5.07. The fourth-order valence-corrected chi connectivity index (χ4v) is 3.89. The predicted octanol–water partition coefficient (Wildman–Crippen LogP) is 4.98. The van der Waals surface area contributed by atoms with E-state index in [0.717, 1.165) is 5.56 Å². The van der Waals surface area contributed by atoms with E-state index in [9.17, 15) is 13.2 Å². The Morgan fingerprint density at radius 2 is 1.69 bits per heavy atom. The molecule has 1 atom stereocenters. The van der Waals surface area contributed by atoms with E-state index < -0.39 is 22.1 Å². The number of carboxylic acids is 1. The van der Waals surface area contributed by atoms with Crippen LogP contribution in [0.2, 0.25) is 5.02 Å². The number of hydrogen-bond acceptors (Lipinski definition) is 4. The van der Waals surface area contributed by atoms with Gasteiger partial charge in [-0.1, -0.05) is 41.9 Å². The fraction of sp³-hybridized carbons (Fsp3) is 0.0952. The minimum Gasteiger partial charge on any atom is -0.484 e. The molecule has 0 heterocycles. The first-order chi connectivity index (χ1) is 13.8.